The van der Waals surface area contributed by atoms with Crippen molar-refractivity contribution in [2.75, 3.05) is 25.0 Å². The maximum atomic E-state index is 3.30. The second-order valence-corrected chi connectivity index (χ2v) is 5.27. The number of rotatable bonds is 3. The molecule has 1 aromatic rings. The smallest absolute Gasteiger partial charge is 0.0369 e. The van der Waals surface area contributed by atoms with E-state index in [0.29, 0.717) is 6.04 Å². The van der Waals surface area contributed by atoms with Crippen molar-refractivity contribution < 1.29 is 0 Å². The minimum Gasteiger partial charge on any atom is -0.372 e. The van der Waals surface area contributed by atoms with Crippen molar-refractivity contribution in [1.29, 1.82) is 0 Å². The van der Waals surface area contributed by atoms with Crippen molar-refractivity contribution in [3.8, 4) is 0 Å². The van der Waals surface area contributed by atoms with Crippen LogP contribution in [-0.4, -0.2) is 20.1 Å². The predicted octanol–water partition coefficient (Wildman–Crippen LogP) is 3.20. The highest BCUT2D eigenvalue weighted by Crippen LogP contribution is 2.25. The van der Waals surface area contributed by atoms with Gasteiger partial charge in [-0.05, 0) is 50.4 Å². The molecule has 0 aliphatic carbocycles. The zero-order valence-electron chi connectivity index (χ0n) is 11.2. The Bertz CT molecular complexity index is 354. The lowest BCUT2D eigenvalue weighted by molar-refractivity contribution is 0.438. The van der Waals surface area contributed by atoms with Gasteiger partial charge in [0.05, 0.1) is 0 Å². The van der Waals surface area contributed by atoms with Gasteiger partial charge in [0.1, 0.15) is 0 Å². The Morgan fingerprint density at radius 2 is 2.00 bits per heavy atom. The Kier molecular flexibility index (Phi) is 4.06. The van der Waals surface area contributed by atoms with E-state index in [4.69, 9.17) is 0 Å². The molecule has 0 aromatic heterocycles. The van der Waals surface area contributed by atoms with Gasteiger partial charge < -0.3 is 10.2 Å². The molecule has 0 saturated carbocycles. The molecule has 1 fully saturated rings. The van der Waals surface area contributed by atoms with Gasteiger partial charge in [-0.3, -0.25) is 0 Å². The van der Waals surface area contributed by atoms with Crippen molar-refractivity contribution in [2.45, 2.75) is 32.7 Å². The normalized spacial score (nSPS) is 19.4. The van der Waals surface area contributed by atoms with Crippen LogP contribution >= 0.6 is 0 Å². The number of hydrogen-bond acceptors (Lipinski definition) is 2. The van der Waals surface area contributed by atoms with E-state index >= 15 is 0 Å². The van der Waals surface area contributed by atoms with Crippen LogP contribution in [0, 0.1) is 5.92 Å². The van der Waals surface area contributed by atoms with Crippen LogP contribution in [0.25, 0.3) is 0 Å². The summed E-state index contributed by atoms with van der Waals surface area (Å²) in [7, 11) is 2.01. The molecule has 1 heterocycles. The topological polar surface area (TPSA) is 15.3 Å². The Morgan fingerprint density at radius 1 is 1.29 bits per heavy atom. The number of benzene rings is 1. The summed E-state index contributed by atoms with van der Waals surface area (Å²) in [5.74, 6) is 0.894. The van der Waals surface area contributed by atoms with Crippen LogP contribution < -0.4 is 10.2 Å². The molecule has 0 spiro atoms. The number of hydrogen-bond donors (Lipinski definition) is 1. The quantitative estimate of drug-likeness (QED) is 0.861. The first-order chi connectivity index (χ1) is 8.20. The number of anilines is 1. The molecule has 1 saturated heterocycles. The molecule has 1 atom stereocenters. The van der Waals surface area contributed by atoms with Crippen LogP contribution in [0.3, 0.4) is 0 Å². The zero-order chi connectivity index (χ0) is 12.3. The Hall–Kier alpha value is -1.02. The molecule has 17 heavy (non-hydrogen) atoms. The number of nitrogens with zero attached hydrogens (tertiary/aromatic N) is 1. The SMILES string of the molecule is CNC(C)c1cccc(N2CCC(C)CC2)c1. The summed E-state index contributed by atoms with van der Waals surface area (Å²) >= 11 is 0. The Balaban J connectivity index is 2.10. The van der Waals surface area contributed by atoms with Gasteiger partial charge in [0, 0.05) is 24.8 Å². The Labute approximate surface area is 105 Å². The van der Waals surface area contributed by atoms with E-state index in [1.54, 1.807) is 0 Å². The van der Waals surface area contributed by atoms with Crippen molar-refractivity contribution in [2.24, 2.45) is 5.92 Å². The molecule has 0 bridgehead atoms. The van der Waals surface area contributed by atoms with E-state index in [-0.39, 0.29) is 0 Å². The molecule has 1 aromatic carbocycles. The van der Waals surface area contributed by atoms with Crippen LogP contribution in [0.1, 0.15) is 38.3 Å². The summed E-state index contributed by atoms with van der Waals surface area (Å²) in [6.45, 7) is 6.98. The number of piperidine rings is 1. The Morgan fingerprint density at radius 3 is 2.65 bits per heavy atom. The van der Waals surface area contributed by atoms with Crippen molar-refractivity contribution in [1.82, 2.24) is 5.32 Å². The van der Waals surface area contributed by atoms with Crippen LogP contribution in [0.2, 0.25) is 0 Å². The minimum absolute atomic E-state index is 0.429. The largest absolute Gasteiger partial charge is 0.372 e. The second-order valence-electron chi connectivity index (χ2n) is 5.27. The third-order valence-electron chi connectivity index (χ3n) is 3.95. The molecule has 0 amide bonds. The average molecular weight is 232 g/mol. The molecular weight excluding hydrogens is 208 g/mol. The van der Waals surface area contributed by atoms with E-state index < -0.39 is 0 Å². The minimum atomic E-state index is 0.429. The van der Waals surface area contributed by atoms with Gasteiger partial charge in [-0.1, -0.05) is 19.1 Å². The molecule has 1 aliphatic rings. The van der Waals surface area contributed by atoms with Crippen LogP contribution in [0.5, 0.6) is 0 Å². The van der Waals surface area contributed by atoms with Crippen molar-refractivity contribution >= 4 is 5.69 Å². The van der Waals surface area contributed by atoms with Crippen LogP contribution in [0.15, 0.2) is 24.3 Å². The van der Waals surface area contributed by atoms with Gasteiger partial charge in [-0.25, -0.2) is 0 Å². The van der Waals surface area contributed by atoms with Crippen molar-refractivity contribution in [3.63, 3.8) is 0 Å². The van der Waals surface area contributed by atoms with Gasteiger partial charge in [0.25, 0.3) is 0 Å². The second kappa shape index (κ2) is 5.54. The fourth-order valence-electron chi connectivity index (χ4n) is 2.42. The average Bonchev–Trinajstić information content (AvgIpc) is 2.39. The first kappa shape index (κ1) is 12.4. The summed E-state index contributed by atoms with van der Waals surface area (Å²) < 4.78 is 0. The maximum absolute atomic E-state index is 3.30. The molecule has 1 aliphatic heterocycles. The summed E-state index contributed by atoms with van der Waals surface area (Å²) in [6, 6.07) is 9.38. The van der Waals surface area contributed by atoms with E-state index in [1.165, 1.54) is 37.2 Å². The molecule has 2 rings (SSSR count). The molecule has 1 N–H and O–H groups in total. The third-order valence-corrected chi connectivity index (χ3v) is 3.95. The standard InChI is InChI=1S/C15H24N2/c1-12-7-9-17(10-8-12)15-6-4-5-14(11-15)13(2)16-3/h4-6,11-13,16H,7-10H2,1-3H3. The van der Waals surface area contributed by atoms with Gasteiger partial charge in [0.15, 0.2) is 0 Å². The lowest BCUT2D eigenvalue weighted by atomic mass is 9.98. The van der Waals surface area contributed by atoms with Gasteiger partial charge in [-0.2, -0.15) is 0 Å². The van der Waals surface area contributed by atoms with E-state index in [1.807, 2.05) is 7.05 Å². The monoisotopic (exact) mass is 232 g/mol. The molecule has 94 valence electrons. The van der Waals surface area contributed by atoms with Gasteiger partial charge >= 0.3 is 0 Å². The molecule has 1 unspecified atom stereocenters. The predicted molar refractivity (Wildman–Crippen MR) is 74.5 cm³/mol. The zero-order valence-corrected chi connectivity index (χ0v) is 11.2. The maximum Gasteiger partial charge on any atom is 0.0369 e. The van der Waals surface area contributed by atoms with E-state index in [9.17, 15) is 0 Å². The molecule has 2 heteroatoms. The fraction of sp³-hybridized carbons (Fsp3) is 0.600. The highest BCUT2D eigenvalue weighted by Gasteiger charge is 2.16. The lowest BCUT2D eigenvalue weighted by Crippen LogP contribution is -2.32. The third kappa shape index (κ3) is 3.01. The molecule has 2 nitrogen and oxygen atoms in total. The van der Waals surface area contributed by atoms with Crippen LogP contribution in [0.4, 0.5) is 5.69 Å². The lowest BCUT2D eigenvalue weighted by Gasteiger charge is -2.32. The first-order valence-corrected chi connectivity index (χ1v) is 6.73. The first-order valence-electron chi connectivity index (χ1n) is 6.73. The summed E-state index contributed by atoms with van der Waals surface area (Å²) in [5.41, 5.74) is 2.76. The molecular formula is C15H24N2. The van der Waals surface area contributed by atoms with Gasteiger partial charge in [-0.15, -0.1) is 0 Å². The van der Waals surface area contributed by atoms with Crippen molar-refractivity contribution in [3.05, 3.63) is 29.8 Å². The summed E-state index contributed by atoms with van der Waals surface area (Å²) in [4.78, 5) is 2.52. The number of nitrogens with one attached hydrogen (secondary N) is 1. The van der Waals surface area contributed by atoms with E-state index in [2.05, 4.69) is 48.3 Å². The summed E-state index contributed by atoms with van der Waals surface area (Å²) in [5, 5.41) is 3.30. The highest BCUT2D eigenvalue weighted by atomic mass is 15.1. The molecule has 0 radical (unpaired) electrons. The fourth-order valence-corrected chi connectivity index (χ4v) is 2.42. The summed E-state index contributed by atoms with van der Waals surface area (Å²) in [6.07, 6.45) is 2.65. The van der Waals surface area contributed by atoms with E-state index in [0.717, 1.165) is 5.92 Å². The highest BCUT2D eigenvalue weighted by molar-refractivity contribution is 5.49. The van der Waals surface area contributed by atoms with Gasteiger partial charge in [0.2, 0.25) is 0 Å². The van der Waals surface area contributed by atoms with Crippen LogP contribution in [-0.2, 0) is 0 Å².